The maximum absolute atomic E-state index is 5.53. The van der Waals surface area contributed by atoms with Crippen LogP contribution in [0.2, 0.25) is 0 Å². The van der Waals surface area contributed by atoms with Crippen LogP contribution in [0, 0.1) is 6.92 Å². The van der Waals surface area contributed by atoms with E-state index in [4.69, 9.17) is 4.74 Å². The summed E-state index contributed by atoms with van der Waals surface area (Å²) < 4.78 is 5.53. The van der Waals surface area contributed by atoms with E-state index in [-0.39, 0.29) is 24.0 Å². The predicted octanol–water partition coefficient (Wildman–Crippen LogP) is 3.62. The molecule has 6 heteroatoms. The summed E-state index contributed by atoms with van der Waals surface area (Å²) in [7, 11) is 1.80. The normalized spacial score (nSPS) is 11.6. The van der Waals surface area contributed by atoms with Crippen LogP contribution in [0.15, 0.2) is 29.4 Å². The van der Waals surface area contributed by atoms with E-state index >= 15 is 0 Å². The van der Waals surface area contributed by atoms with E-state index in [1.54, 1.807) is 7.05 Å². The number of guanidine groups is 1. The van der Waals surface area contributed by atoms with E-state index < -0.39 is 0 Å². The van der Waals surface area contributed by atoms with Crippen LogP contribution in [0.1, 0.15) is 31.4 Å². The summed E-state index contributed by atoms with van der Waals surface area (Å²) in [6.45, 7) is 8.71. The fraction of sp³-hybridized carbons (Fsp3) is 0.526. The summed E-state index contributed by atoms with van der Waals surface area (Å²) in [6.07, 6.45) is 4.33. The largest absolute Gasteiger partial charge is 0.379 e. The Hall–Kier alpha value is -1.28. The number of aliphatic imine (C=N–C) groups is 1. The molecule has 0 radical (unpaired) electrons. The molecule has 0 amide bonds. The van der Waals surface area contributed by atoms with Crippen molar-refractivity contribution in [2.24, 2.45) is 4.99 Å². The number of halogens is 1. The number of fused-ring (bicyclic) bond motifs is 1. The third kappa shape index (κ3) is 7.23. The van der Waals surface area contributed by atoms with Gasteiger partial charge in [-0.2, -0.15) is 0 Å². The Balaban J connectivity index is 0.00000312. The van der Waals surface area contributed by atoms with Crippen LogP contribution in [0.3, 0.4) is 0 Å². The first-order chi connectivity index (χ1) is 11.6. The third-order valence-electron chi connectivity index (χ3n) is 3.90. The molecule has 1 heterocycles. The number of ether oxygens (including phenoxy) is 1. The van der Waals surface area contributed by atoms with Gasteiger partial charge < -0.3 is 20.4 Å². The molecule has 0 spiro atoms. The topological polar surface area (TPSA) is 61.4 Å². The lowest BCUT2D eigenvalue weighted by molar-refractivity contribution is 0.0776. The summed E-state index contributed by atoms with van der Waals surface area (Å²) in [5.41, 5.74) is 3.82. The molecule has 2 aromatic rings. The first-order valence-corrected chi connectivity index (χ1v) is 8.73. The first-order valence-electron chi connectivity index (χ1n) is 8.73. The van der Waals surface area contributed by atoms with Crippen molar-refractivity contribution in [3.63, 3.8) is 0 Å². The van der Waals surface area contributed by atoms with Gasteiger partial charge in [0.2, 0.25) is 0 Å². The minimum atomic E-state index is 0. The zero-order valence-electron chi connectivity index (χ0n) is 15.7. The Kier molecular flexibility index (Phi) is 9.89. The highest BCUT2D eigenvalue weighted by molar-refractivity contribution is 14.0. The van der Waals surface area contributed by atoms with E-state index in [9.17, 15) is 0 Å². The number of aromatic amines is 1. The number of nitrogens with zero attached hydrogens (tertiary/aromatic N) is 1. The SMILES string of the molecule is CN=C(NCCCOC(C)C)NCCc1c[nH]c2cc(C)ccc12.I. The quantitative estimate of drug-likeness (QED) is 0.245. The number of rotatable bonds is 8. The van der Waals surface area contributed by atoms with Gasteiger partial charge in [0.25, 0.3) is 0 Å². The van der Waals surface area contributed by atoms with E-state index in [0.717, 1.165) is 38.5 Å². The molecular formula is C19H31IN4O. The van der Waals surface area contributed by atoms with E-state index in [1.807, 2.05) is 0 Å². The maximum atomic E-state index is 5.53. The van der Waals surface area contributed by atoms with Gasteiger partial charge >= 0.3 is 0 Å². The number of aryl methyl sites for hydroxylation is 1. The average molecular weight is 458 g/mol. The Morgan fingerprint density at radius 3 is 2.72 bits per heavy atom. The van der Waals surface area contributed by atoms with Gasteiger partial charge in [0.15, 0.2) is 5.96 Å². The van der Waals surface area contributed by atoms with Crippen LogP contribution < -0.4 is 10.6 Å². The number of hydrogen-bond donors (Lipinski definition) is 3. The molecule has 0 atom stereocenters. The Morgan fingerprint density at radius 2 is 2.00 bits per heavy atom. The van der Waals surface area contributed by atoms with Crippen LogP contribution >= 0.6 is 24.0 Å². The molecule has 0 saturated carbocycles. The molecule has 140 valence electrons. The van der Waals surface area contributed by atoms with Crippen molar-refractivity contribution in [1.82, 2.24) is 15.6 Å². The molecule has 1 aromatic heterocycles. The molecule has 0 aliphatic heterocycles. The minimum absolute atomic E-state index is 0. The molecule has 3 N–H and O–H groups in total. The lowest BCUT2D eigenvalue weighted by atomic mass is 10.1. The molecule has 25 heavy (non-hydrogen) atoms. The minimum Gasteiger partial charge on any atom is -0.379 e. The molecule has 0 bridgehead atoms. The van der Waals surface area contributed by atoms with Gasteiger partial charge in [-0.25, -0.2) is 0 Å². The lowest BCUT2D eigenvalue weighted by Gasteiger charge is -2.12. The van der Waals surface area contributed by atoms with Gasteiger partial charge in [-0.15, -0.1) is 24.0 Å². The van der Waals surface area contributed by atoms with Crippen LogP contribution in [-0.2, 0) is 11.2 Å². The van der Waals surface area contributed by atoms with Crippen molar-refractivity contribution in [3.05, 3.63) is 35.5 Å². The first kappa shape index (κ1) is 21.8. The molecule has 0 aliphatic rings. The summed E-state index contributed by atoms with van der Waals surface area (Å²) in [5.74, 6) is 0.843. The van der Waals surface area contributed by atoms with Crippen molar-refractivity contribution >= 4 is 40.8 Å². The molecule has 2 rings (SSSR count). The zero-order valence-corrected chi connectivity index (χ0v) is 18.0. The van der Waals surface area contributed by atoms with Crippen molar-refractivity contribution in [2.45, 2.75) is 39.7 Å². The van der Waals surface area contributed by atoms with E-state index in [1.165, 1.54) is 22.0 Å². The highest BCUT2D eigenvalue weighted by Crippen LogP contribution is 2.19. The molecule has 1 aromatic carbocycles. The Bertz CT molecular complexity index is 666. The second kappa shape index (κ2) is 11.4. The van der Waals surface area contributed by atoms with Crippen LogP contribution in [0.4, 0.5) is 0 Å². The van der Waals surface area contributed by atoms with Crippen LogP contribution in [0.25, 0.3) is 10.9 Å². The highest BCUT2D eigenvalue weighted by atomic mass is 127. The number of H-pyrrole nitrogens is 1. The Morgan fingerprint density at radius 1 is 1.24 bits per heavy atom. The zero-order chi connectivity index (χ0) is 17.4. The second-order valence-electron chi connectivity index (χ2n) is 6.31. The standard InChI is InChI=1S/C19H30N4O.HI/c1-14(2)24-11-5-9-21-19(20-4)22-10-8-16-13-23-18-12-15(3)6-7-17(16)18;/h6-7,12-14,23H,5,8-11H2,1-4H3,(H2,20,21,22);1H. The van der Waals surface area contributed by atoms with Crippen molar-refractivity contribution in [3.8, 4) is 0 Å². The maximum Gasteiger partial charge on any atom is 0.190 e. The van der Waals surface area contributed by atoms with Crippen LogP contribution in [0.5, 0.6) is 0 Å². The van der Waals surface area contributed by atoms with Crippen LogP contribution in [-0.4, -0.2) is 43.8 Å². The molecule has 5 nitrogen and oxygen atoms in total. The van der Waals surface area contributed by atoms with E-state index in [2.05, 4.69) is 65.8 Å². The van der Waals surface area contributed by atoms with E-state index in [0.29, 0.717) is 6.10 Å². The van der Waals surface area contributed by atoms with Crippen molar-refractivity contribution in [1.29, 1.82) is 0 Å². The smallest absolute Gasteiger partial charge is 0.190 e. The predicted molar refractivity (Wildman–Crippen MR) is 117 cm³/mol. The molecular weight excluding hydrogens is 427 g/mol. The number of benzene rings is 1. The molecule has 0 unspecified atom stereocenters. The number of nitrogens with one attached hydrogen (secondary N) is 3. The van der Waals surface area contributed by atoms with Gasteiger partial charge in [0, 0.05) is 43.8 Å². The van der Waals surface area contributed by atoms with Crippen molar-refractivity contribution in [2.75, 3.05) is 26.7 Å². The Labute approximate surface area is 168 Å². The third-order valence-corrected chi connectivity index (χ3v) is 3.90. The summed E-state index contributed by atoms with van der Waals surface area (Å²) in [6, 6.07) is 6.54. The number of hydrogen-bond acceptors (Lipinski definition) is 2. The van der Waals surface area contributed by atoms with Gasteiger partial charge in [-0.1, -0.05) is 12.1 Å². The lowest BCUT2D eigenvalue weighted by Crippen LogP contribution is -2.39. The van der Waals surface area contributed by atoms with Gasteiger partial charge in [-0.05, 0) is 50.8 Å². The highest BCUT2D eigenvalue weighted by Gasteiger charge is 2.04. The van der Waals surface area contributed by atoms with Gasteiger partial charge in [-0.3, -0.25) is 4.99 Å². The monoisotopic (exact) mass is 458 g/mol. The summed E-state index contributed by atoms with van der Waals surface area (Å²) in [5, 5.41) is 7.99. The summed E-state index contributed by atoms with van der Waals surface area (Å²) in [4.78, 5) is 7.61. The van der Waals surface area contributed by atoms with Gasteiger partial charge in [0.05, 0.1) is 6.10 Å². The van der Waals surface area contributed by atoms with Gasteiger partial charge in [0.1, 0.15) is 0 Å². The number of aromatic nitrogens is 1. The van der Waals surface area contributed by atoms with Crippen molar-refractivity contribution < 1.29 is 4.74 Å². The molecule has 0 fully saturated rings. The fourth-order valence-electron chi connectivity index (χ4n) is 2.64. The average Bonchev–Trinajstić information content (AvgIpc) is 2.94. The molecule has 0 aliphatic carbocycles. The summed E-state index contributed by atoms with van der Waals surface area (Å²) >= 11 is 0. The second-order valence-corrected chi connectivity index (χ2v) is 6.31. The molecule has 0 saturated heterocycles. The fourth-order valence-corrected chi connectivity index (χ4v) is 2.64.